The zero-order chi connectivity index (χ0) is 13.8. The predicted molar refractivity (Wildman–Crippen MR) is 78.4 cm³/mol. The van der Waals surface area contributed by atoms with E-state index in [2.05, 4.69) is 11.1 Å². The largest absolute Gasteiger partial charge is 0.496 e. The number of nitrogens with two attached hydrogens (primary N) is 1. The average Bonchev–Trinajstić information content (AvgIpc) is 2.81. The monoisotopic (exact) mass is 277 g/mol. The first-order valence-electron chi connectivity index (χ1n) is 6.16. The van der Waals surface area contributed by atoms with Crippen molar-refractivity contribution in [3.8, 4) is 5.75 Å². The number of hydrogen-bond donors (Lipinski definition) is 1. The van der Waals surface area contributed by atoms with Crippen LogP contribution in [0.4, 0.5) is 0 Å². The fourth-order valence-electron chi connectivity index (χ4n) is 1.93. The summed E-state index contributed by atoms with van der Waals surface area (Å²) in [6.07, 6.45) is 3.73. The highest BCUT2D eigenvalue weighted by Crippen LogP contribution is 2.40. The number of rotatable bonds is 5. The van der Waals surface area contributed by atoms with E-state index in [4.69, 9.17) is 10.5 Å². The molecular formula is C14H19N3OS. The number of imidazole rings is 1. The van der Waals surface area contributed by atoms with Gasteiger partial charge in [-0.1, -0.05) is 30.0 Å². The lowest BCUT2D eigenvalue weighted by atomic mass is 10.1. The second-order valence-electron chi connectivity index (χ2n) is 4.46. The molecule has 2 atom stereocenters. The van der Waals surface area contributed by atoms with Crippen LogP contribution < -0.4 is 10.5 Å². The molecule has 1 aromatic carbocycles. The summed E-state index contributed by atoms with van der Waals surface area (Å²) in [7, 11) is 3.66. The van der Waals surface area contributed by atoms with Gasteiger partial charge in [0.05, 0.1) is 12.4 Å². The van der Waals surface area contributed by atoms with Crippen molar-refractivity contribution in [1.29, 1.82) is 0 Å². The molecule has 0 saturated carbocycles. The van der Waals surface area contributed by atoms with Gasteiger partial charge < -0.3 is 15.0 Å². The van der Waals surface area contributed by atoms with Crippen LogP contribution in [0.15, 0.2) is 41.8 Å². The zero-order valence-corrected chi connectivity index (χ0v) is 12.2. The molecule has 0 radical (unpaired) electrons. The molecule has 2 rings (SSSR count). The molecule has 2 aromatic rings. The fraction of sp³-hybridized carbons (Fsp3) is 0.357. The fourth-order valence-corrected chi connectivity index (χ4v) is 3.05. The maximum absolute atomic E-state index is 6.15. The Labute approximate surface area is 118 Å². The number of aromatic nitrogens is 2. The first-order chi connectivity index (χ1) is 9.13. The van der Waals surface area contributed by atoms with Gasteiger partial charge in [0.15, 0.2) is 5.16 Å². The van der Waals surface area contributed by atoms with Gasteiger partial charge in [0.25, 0.3) is 0 Å². The van der Waals surface area contributed by atoms with E-state index in [1.807, 2.05) is 42.9 Å². The van der Waals surface area contributed by atoms with Gasteiger partial charge in [-0.15, -0.1) is 0 Å². The molecule has 5 heteroatoms. The summed E-state index contributed by atoms with van der Waals surface area (Å²) >= 11 is 1.66. The SMILES string of the molecule is COc1ccccc1C(Sc1nccn1C)C(C)N. The number of aryl methyl sites for hydroxylation is 1. The average molecular weight is 277 g/mol. The molecule has 0 amide bonds. The van der Waals surface area contributed by atoms with E-state index < -0.39 is 0 Å². The molecule has 102 valence electrons. The van der Waals surface area contributed by atoms with Crippen molar-refractivity contribution in [2.75, 3.05) is 7.11 Å². The Kier molecular flexibility index (Phi) is 4.50. The second-order valence-corrected chi connectivity index (χ2v) is 5.57. The molecular weight excluding hydrogens is 258 g/mol. The Morgan fingerprint density at radius 2 is 2.11 bits per heavy atom. The molecule has 0 bridgehead atoms. The van der Waals surface area contributed by atoms with Crippen LogP contribution in [0.5, 0.6) is 5.75 Å². The smallest absolute Gasteiger partial charge is 0.168 e. The third kappa shape index (κ3) is 3.11. The third-order valence-corrected chi connectivity index (χ3v) is 4.47. The molecule has 1 aromatic heterocycles. The number of para-hydroxylation sites is 1. The van der Waals surface area contributed by atoms with E-state index in [0.717, 1.165) is 16.5 Å². The molecule has 0 fully saturated rings. The van der Waals surface area contributed by atoms with Crippen LogP contribution in [0.25, 0.3) is 0 Å². The predicted octanol–water partition coefficient (Wildman–Crippen LogP) is 2.61. The van der Waals surface area contributed by atoms with Crippen LogP contribution in [0.2, 0.25) is 0 Å². The molecule has 0 aliphatic rings. The lowest BCUT2D eigenvalue weighted by molar-refractivity contribution is 0.408. The van der Waals surface area contributed by atoms with Gasteiger partial charge in [0, 0.05) is 31.0 Å². The quantitative estimate of drug-likeness (QED) is 0.854. The minimum atomic E-state index is -0.00185. The van der Waals surface area contributed by atoms with Gasteiger partial charge in [-0.3, -0.25) is 0 Å². The number of hydrogen-bond acceptors (Lipinski definition) is 4. The second kappa shape index (κ2) is 6.12. The summed E-state index contributed by atoms with van der Waals surface area (Å²) in [6, 6.07) is 7.99. The van der Waals surface area contributed by atoms with Crippen LogP contribution >= 0.6 is 11.8 Å². The first-order valence-corrected chi connectivity index (χ1v) is 7.04. The summed E-state index contributed by atoms with van der Waals surface area (Å²) in [5.74, 6) is 0.867. The standard InChI is InChI=1S/C14H19N3OS/c1-10(15)13(19-14-16-8-9-17(14)2)11-6-4-5-7-12(11)18-3/h4-10,13H,15H2,1-3H3. The van der Waals surface area contributed by atoms with Crippen molar-refractivity contribution in [2.24, 2.45) is 12.8 Å². The van der Waals surface area contributed by atoms with Crippen LogP contribution in [-0.2, 0) is 7.05 Å². The van der Waals surface area contributed by atoms with Crippen LogP contribution in [0, 0.1) is 0 Å². The molecule has 2 unspecified atom stereocenters. The highest BCUT2D eigenvalue weighted by Gasteiger charge is 2.22. The molecule has 2 N–H and O–H groups in total. The van der Waals surface area contributed by atoms with Gasteiger partial charge in [-0.2, -0.15) is 0 Å². The zero-order valence-electron chi connectivity index (χ0n) is 11.4. The van der Waals surface area contributed by atoms with Crippen molar-refractivity contribution < 1.29 is 4.74 Å². The summed E-state index contributed by atoms with van der Waals surface area (Å²) in [6.45, 7) is 2.01. The van der Waals surface area contributed by atoms with E-state index in [0.29, 0.717) is 0 Å². The molecule has 1 heterocycles. The number of ether oxygens (including phenoxy) is 1. The van der Waals surface area contributed by atoms with Crippen molar-refractivity contribution in [1.82, 2.24) is 9.55 Å². The van der Waals surface area contributed by atoms with Crippen LogP contribution in [0.1, 0.15) is 17.7 Å². The Hall–Kier alpha value is -1.46. The highest BCUT2D eigenvalue weighted by molar-refractivity contribution is 7.99. The van der Waals surface area contributed by atoms with Crippen LogP contribution in [-0.4, -0.2) is 22.7 Å². The Morgan fingerprint density at radius 1 is 1.37 bits per heavy atom. The van der Waals surface area contributed by atoms with E-state index in [9.17, 15) is 0 Å². The summed E-state index contributed by atoms with van der Waals surface area (Å²) in [5, 5.41) is 1.06. The Bertz CT molecular complexity index is 539. The Morgan fingerprint density at radius 3 is 2.68 bits per heavy atom. The van der Waals surface area contributed by atoms with E-state index in [1.54, 1.807) is 25.1 Å². The lowest BCUT2D eigenvalue weighted by Gasteiger charge is -2.22. The van der Waals surface area contributed by atoms with Crippen LogP contribution in [0.3, 0.4) is 0 Å². The number of thioether (sulfide) groups is 1. The minimum Gasteiger partial charge on any atom is -0.496 e. The van der Waals surface area contributed by atoms with Crippen molar-refractivity contribution in [3.05, 3.63) is 42.2 Å². The van der Waals surface area contributed by atoms with Gasteiger partial charge in [0.1, 0.15) is 5.75 Å². The normalized spacial score (nSPS) is 14.1. The lowest BCUT2D eigenvalue weighted by Crippen LogP contribution is -2.23. The van der Waals surface area contributed by atoms with Gasteiger partial charge in [-0.05, 0) is 13.0 Å². The number of benzene rings is 1. The number of nitrogens with zero attached hydrogens (tertiary/aromatic N) is 2. The molecule has 0 aliphatic carbocycles. The first kappa shape index (κ1) is 14.0. The van der Waals surface area contributed by atoms with E-state index in [1.165, 1.54) is 0 Å². The molecule has 0 aliphatic heterocycles. The highest BCUT2D eigenvalue weighted by atomic mass is 32.2. The van der Waals surface area contributed by atoms with Crippen molar-refractivity contribution in [2.45, 2.75) is 23.4 Å². The van der Waals surface area contributed by atoms with Gasteiger partial charge in [-0.25, -0.2) is 4.98 Å². The maximum Gasteiger partial charge on any atom is 0.168 e. The molecule has 4 nitrogen and oxygen atoms in total. The third-order valence-electron chi connectivity index (χ3n) is 2.93. The van der Waals surface area contributed by atoms with Gasteiger partial charge in [0.2, 0.25) is 0 Å². The van der Waals surface area contributed by atoms with E-state index in [-0.39, 0.29) is 11.3 Å². The van der Waals surface area contributed by atoms with Crippen molar-refractivity contribution >= 4 is 11.8 Å². The summed E-state index contributed by atoms with van der Waals surface area (Å²) in [4.78, 5) is 4.35. The number of methoxy groups -OCH3 is 1. The minimum absolute atomic E-state index is 0.00185. The molecule has 0 saturated heterocycles. The van der Waals surface area contributed by atoms with Gasteiger partial charge >= 0.3 is 0 Å². The molecule has 19 heavy (non-hydrogen) atoms. The molecule has 0 spiro atoms. The maximum atomic E-state index is 6.15. The van der Waals surface area contributed by atoms with E-state index >= 15 is 0 Å². The topological polar surface area (TPSA) is 53.1 Å². The summed E-state index contributed by atoms with van der Waals surface area (Å²) in [5.41, 5.74) is 7.25. The Balaban J connectivity index is 2.33. The van der Waals surface area contributed by atoms with Crippen molar-refractivity contribution in [3.63, 3.8) is 0 Å². The summed E-state index contributed by atoms with van der Waals surface area (Å²) < 4.78 is 7.43.